The van der Waals surface area contributed by atoms with Crippen molar-refractivity contribution in [2.24, 2.45) is 4.40 Å². The number of sulfonamides is 1. The first-order valence-corrected chi connectivity index (χ1v) is 13.5. The number of hydrogen-bond acceptors (Lipinski definition) is 6. The predicted octanol–water partition coefficient (Wildman–Crippen LogP) is 5.26. The minimum absolute atomic E-state index is 0.0814. The van der Waals surface area contributed by atoms with Crippen molar-refractivity contribution in [2.75, 3.05) is 13.7 Å². The Balaban J connectivity index is 1.57. The number of hydrogen-bond donors (Lipinski definition) is 0. The van der Waals surface area contributed by atoms with E-state index in [1.807, 2.05) is 43.3 Å². The Bertz CT molecular complexity index is 1420. The predicted molar refractivity (Wildman–Crippen MR) is 143 cm³/mol. The van der Waals surface area contributed by atoms with E-state index in [1.54, 1.807) is 44.4 Å². The van der Waals surface area contributed by atoms with E-state index in [0.29, 0.717) is 35.1 Å². The molecule has 1 heterocycles. The van der Waals surface area contributed by atoms with Crippen LogP contribution in [0, 0.1) is 6.92 Å². The topological polar surface area (TPSA) is 85.3 Å². The molecule has 0 aromatic heterocycles. The molecule has 0 N–H and O–H groups in total. The van der Waals surface area contributed by atoms with Crippen LogP contribution in [-0.4, -0.2) is 38.0 Å². The van der Waals surface area contributed by atoms with Crippen molar-refractivity contribution < 1.29 is 22.7 Å². The number of carbonyl (C=O) groups is 1. The Morgan fingerprint density at radius 3 is 2.39 bits per heavy atom. The van der Waals surface area contributed by atoms with Crippen molar-refractivity contribution >= 4 is 38.9 Å². The molecule has 0 aliphatic carbocycles. The van der Waals surface area contributed by atoms with Crippen LogP contribution in [0.25, 0.3) is 6.08 Å². The number of likely N-dealkylation sites (N-methyl/N-ethyl adjacent to an activating group) is 1. The van der Waals surface area contributed by atoms with Gasteiger partial charge in [0.25, 0.3) is 15.9 Å². The molecular formula is C27H26N2O5S2. The van der Waals surface area contributed by atoms with Crippen LogP contribution in [0.2, 0.25) is 0 Å². The van der Waals surface area contributed by atoms with Crippen molar-refractivity contribution in [1.29, 1.82) is 0 Å². The largest absolute Gasteiger partial charge is 0.493 e. The van der Waals surface area contributed by atoms with Gasteiger partial charge in [0.1, 0.15) is 6.61 Å². The number of ether oxygens (including phenoxy) is 2. The highest BCUT2D eigenvalue weighted by atomic mass is 32.2. The molecule has 3 aromatic rings. The fourth-order valence-corrected chi connectivity index (χ4v) is 5.75. The lowest BCUT2D eigenvalue weighted by atomic mass is 10.1. The summed E-state index contributed by atoms with van der Waals surface area (Å²) in [5.41, 5.74) is 2.69. The number of methoxy groups -OCH3 is 1. The molecule has 0 bridgehead atoms. The summed E-state index contributed by atoms with van der Waals surface area (Å²) in [6, 6.07) is 21.6. The number of amidine groups is 1. The molecule has 1 fully saturated rings. The molecule has 0 radical (unpaired) electrons. The smallest absolute Gasteiger partial charge is 0.284 e. The zero-order chi connectivity index (χ0) is 25.7. The summed E-state index contributed by atoms with van der Waals surface area (Å²) >= 11 is 1.03. The molecule has 1 aliphatic rings. The van der Waals surface area contributed by atoms with Gasteiger partial charge < -0.3 is 9.47 Å². The fraction of sp³-hybridized carbons (Fsp3) is 0.185. The zero-order valence-electron chi connectivity index (χ0n) is 20.2. The summed E-state index contributed by atoms with van der Waals surface area (Å²) in [5.74, 6) is 0.804. The molecular weight excluding hydrogens is 496 g/mol. The van der Waals surface area contributed by atoms with Gasteiger partial charge in [0.15, 0.2) is 16.7 Å². The minimum atomic E-state index is -3.96. The van der Waals surface area contributed by atoms with Gasteiger partial charge in [-0.1, -0.05) is 54.1 Å². The maximum Gasteiger partial charge on any atom is 0.284 e. The van der Waals surface area contributed by atoms with Crippen LogP contribution >= 0.6 is 11.8 Å². The number of benzene rings is 3. The van der Waals surface area contributed by atoms with E-state index >= 15 is 0 Å². The zero-order valence-corrected chi connectivity index (χ0v) is 21.8. The highest BCUT2D eigenvalue weighted by molar-refractivity contribution is 8.19. The quantitative estimate of drug-likeness (QED) is 0.375. The first-order valence-electron chi connectivity index (χ1n) is 11.3. The van der Waals surface area contributed by atoms with Crippen molar-refractivity contribution in [3.8, 4) is 11.5 Å². The Morgan fingerprint density at radius 2 is 1.72 bits per heavy atom. The van der Waals surface area contributed by atoms with Crippen LogP contribution in [-0.2, 0) is 21.4 Å². The van der Waals surface area contributed by atoms with Gasteiger partial charge in [0.05, 0.1) is 16.9 Å². The number of carbonyl (C=O) groups excluding carboxylic acids is 1. The second kappa shape index (κ2) is 11.0. The van der Waals surface area contributed by atoms with Gasteiger partial charge in [0.2, 0.25) is 0 Å². The average Bonchev–Trinajstić information content (AvgIpc) is 3.16. The molecule has 186 valence electrons. The molecule has 7 nitrogen and oxygen atoms in total. The monoisotopic (exact) mass is 522 g/mol. The van der Waals surface area contributed by atoms with Crippen LogP contribution < -0.4 is 9.47 Å². The number of aryl methyl sites for hydroxylation is 1. The third-order valence-corrected chi connectivity index (χ3v) is 7.85. The summed E-state index contributed by atoms with van der Waals surface area (Å²) in [4.78, 5) is 14.8. The Kier molecular flexibility index (Phi) is 7.81. The van der Waals surface area contributed by atoms with Gasteiger partial charge >= 0.3 is 0 Å². The van der Waals surface area contributed by atoms with Gasteiger partial charge in [-0.15, -0.1) is 4.40 Å². The van der Waals surface area contributed by atoms with Crippen LogP contribution in [0.4, 0.5) is 0 Å². The van der Waals surface area contributed by atoms with Gasteiger partial charge in [0, 0.05) is 6.54 Å². The SMILES string of the molecule is CCN1C(=O)/C(=C/c2ccc(OCc3ccccc3)c(OC)c2)S/C1=N/S(=O)(=O)c1ccc(C)cc1. The highest BCUT2D eigenvalue weighted by Crippen LogP contribution is 2.35. The van der Waals surface area contributed by atoms with Crippen molar-refractivity contribution in [3.05, 3.63) is 94.4 Å². The number of nitrogens with zero attached hydrogens (tertiary/aromatic N) is 2. The summed E-state index contributed by atoms with van der Waals surface area (Å²) < 4.78 is 41.0. The summed E-state index contributed by atoms with van der Waals surface area (Å²) in [6.07, 6.45) is 1.69. The minimum Gasteiger partial charge on any atom is -0.493 e. The molecule has 0 atom stereocenters. The molecule has 9 heteroatoms. The molecule has 1 amide bonds. The van der Waals surface area contributed by atoms with Crippen LogP contribution in [0.5, 0.6) is 11.5 Å². The summed E-state index contributed by atoms with van der Waals surface area (Å²) in [5, 5.41) is 0.129. The molecule has 0 spiro atoms. The Labute approximate surface area is 215 Å². The Morgan fingerprint density at radius 1 is 1.00 bits per heavy atom. The van der Waals surface area contributed by atoms with Gasteiger partial charge in [-0.3, -0.25) is 9.69 Å². The maximum absolute atomic E-state index is 13.0. The standard InChI is InChI=1S/C27H26N2O5S2/c1-4-29-26(30)25(35-27(29)28-36(31,32)22-13-10-19(2)11-14-22)17-21-12-15-23(24(16-21)33-3)34-18-20-8-6-5-7-9-20/h5-17H,4,18H2,1-3H3/b25-17-,28-27+. The molecule has 1 saturated heterocycles. The first-order chi connectivity index (χ1) is 17.3. The second-order valence-corrected chi connectivity index (χ2v) is 10.6. The summed E-state index contributed by atoms with van der Waals surface area (Å²) in [6.45, 7) is 4.34. The average molecular weight is 523 g/mol. The first kappa shape index (κ1) is 25.5. The van der Waals surface area contributed by atoms with Crippen molar-refractivity contribution in [2.45, 2.75) is 25.3 Å². The van der Waals surface area contributed by atoms with E-state index in [2.05, 4.69) is 4.40 Å². The lowest BCUT2D eigenvalue weighted by molar-refractivity contribution is -0.122. The van der Waals surface area contributed by atoms with Gasteiger partial charge in [-0.2, -0.15) is 8.42 Å². The lowest BCUT2D eigenvalue weighted by Crippen LogP contribution is -2.29. The van der Waals surface area contributed by atoms with Crippen LogP contribution in [0.15, 0.2) is 87.0 Å². The molecule has 0 unspecified atom stereocenters. The number of rotatable bonds is 8. The van der Waals surface area contributed by atoms with E-state index in [1.165, 1.54) is 17.0 Å². The van der Waals surface area contributed by atoms with E-state index in [0.717, 1.165) is 22.9 Å². The third kappa shape index (κ3) is 5.80. The fourth-order valence-electron chi connectivity index (χ4n) is 3.50. The second-order valence-electron chi connectivity index (χ2n) is 8.01. The third-order valence-electron chi connectivity index (χ3n) is 5.44. The van der Waals surface area contributed by atoms with E-state index in [4.69, 9.17) is 9.47 Å². The van der Waals surface area contributed by atoms with Crippen LogP contribution in [0.3, 0.4) is 0 Å². The Hall–Kier alpha value is -3.56. The van der Waals surface area contributed by atoms with Crippen molar-refractivity contribution in [1.82, 2.24) is 4.90 Å². The van der Waals surface area contributed by atoms with E-state index in [-0.39, 0.29) is 16.0 Å². The molecule has 0 saturated carbocycles. The van der Waals surface area contributed by atoms with Crippen LogP contribution in [0.1, 0.15) is 23.6 Å². The van der Waals surface area contributed by atoms with Crippen molar-refractivity contribution in [3.63, 3.8) is 0 Å². The lowest BCUT2D eigenvalue weighted by Gasteiger charge is -2.12. The van der Waals surface area contributed by atoms with E-state index < -0.39 is 10.0 Å². The maximum atomic E-state index is 13.0. The number of amides is 1. The van der Waals surface area contributed by atoms with E-state index in [9.17, 15) is 13.2 Å². The molecule has 1 aliphatic heterocycles. The molecule has 36 heavy (non-hydrogen) atoms. The normalized spacial score (nSPS) is 16.1. The van der Waals surface area contributed by atoms with Gasteiger partial charge in [-0.05, 0) is 67.1 Å². The van der Waals surface area contributed by atoms with Gasteiger partial charge in [-0.25, -0.2) is 0 Å². The molecule has 4 rings (SSSR count). The number of thioether (sulfide) groups is 1. The summed E-state index contributed by atoms with van der Waals surface area (Å²) in [7, 11) is -2.41. The molecule has 3 aromatic carbocycles. The highest BCUT2D eigenvalue weighted by Gasteiger charge is 2.34.